The first-order chi connectivity index (χ1) is 18.5. The lowest BCUT2D eigenvalue weighted by Crippen LogP contribution is -2.34. The molecule has 0 radical (unpaired) electrons. The van der Waals surface area contributed by atoms with Crippen LogP contribution in [0.4, 0.5) is 22.7 Å². The molecule has 0 aromatic heterocycles. The van der Waals surface area contributed by atoms with Crippen molar-refractivity contribution in [3.8, 4) is 0 Å². The van der Waals surface area contributed by atoms with Crippen molar-refractivity contribution in [2.45, 2.75) is 39.0 Å². The van der Waals surface area contributed by atoms with Crippen molar-refractivity contribution in [3.05, 3.63) is 93.5 Å². The zero-order chi connectivity index (χ0) is 28.2. The Morgan fingerprint density at radius 3 is 2.10 bits per heavy atom. The summed E-state index contributed by atoms with van der Waals surface area (Å²) in [5.41, 5.74) is 3.30. The third-order valence-corrected chi connectivity index (χ3v) is 6.70. The quantitative estimate of drug-likeness (QED) is 0.201. The Morgan fingerprint density at radius 1 is 0.872 bits per heavy atom. The van der Waals surface area contributed by atoms with Gasteiger partial charge in [0.1, 0.15) is 5.69 Å². The van der Waals surface area contributed by atoms with E-state index in [1.807, 2.05) is 17.0 Å². The van der Waals surface area contributed by atoms with Gasteiger partial charge in [-0.3, -0.25) is 25.0 Å². The molecule has 4 rings (SSSR count). The summed E-state index contributed by atoms with van der Waals surface area (Å²) in [6.07, 6.45) is 1.96. The van der Waals surface area contributed by atoms with Crippen LogP contribution in [0.3, 0.4) is 0 Å². The molecule has 1 fully saturated rings. The average Bonchev–Trinajstić information content (AvgIpc) is 3.43. The molecule has 1 saturated heterocycles. The molecule has 2 amide bonds. The Kier molecular flexibility index (Phi) is 8.25. The Bertz CT molecular complexity index is 1410. The third-order valence-electron chi connectivity index (χ3n) is 6.50. The fraction of sp³-hybridized carbons (Fsp3) is 0.276. The smallest absolute Gasteiger partial charge is 0.293 e. The standard InChI is InChI=1S/C29H31N5O4S/c1-29(2,3)21-12-9-19(10-13-21)26(35)30-22-7-6-8-23(18-22)31-28(39)32-27(36)20-11-14-24(25(17-20)34(37)38)33-15-4-5-16-33/h6-14,17-18H,4-5,15-16H2,1-3H3,(H,30,35)(H2,31,32,36,39). The highest BCUT2D eigenvalue weighted by Crippen LogP contribution is 2.31. The number of carbonyl (C=O) groups excluding carboxylic acids is 2. The van der Waals surface area contributed by atoms with Gasteiger partial charge in [-0.25, -0.2) is 0 Å². The molecule has 1 aliphatic rings. The van der Waals surface area contributed by atoms with Crippen molar-refractivity contribution in [2.75, 3.05) is 28.6 Å². The molecule has 202 valence electrons. The SMILES string of the molecule is CC(C)(C)c1ccc(C(=O)Nc2cccc(NC(=S)NC(=O)c3ccc(N4CCCC4)c([N+](=O)[O-])c3)c2)cc1. The van der Waals surface area contributed by atoms with E-state index in [-0.39, 0.29) is 27.7 Å². The minimum atomic E-state index is -0.563. The number of nitro groups is 1. The summed E-state index contributed by atoms with van der Waals surface area (Å²) in [5, 5.41) is 20.0. The van der Waals surface area contributed by atoms with Gasteiger partial charge in [0.25, 0.3) is 17.5 Å². The van der Waals surface area contributed by atoms with Gasteiger partial charge < -0.3 is 15.5 Å². The maximum absolute atomic E-state index is 12.8. The highest BCUT2D eigenvalue weighted by molar-refractivity contribution is 7.80. The van der Waals surface area contributed by atoms with E-state index in [1.54, 1.807) is 48.5 Å². The van der Waals surface area contributed by atoms with E-state index in [1.165, 1.54) is 6.07 Å². The molecule has 9 nitrogen and oxygen atoms in total. The largest absolute Gasteiger partial charge is 0.366 e. The number of anilines is 3. The first kappa shape index (κ1) is 27.7. The van der Waals surface area contributed by atoms with Gasteiger partial charge in [0.2, 0.25) is 0 Å². The van der Waals surface area contributed by atoms with E-state index < -0.39 is 10.8 Å². The number of nitro benzene ring substituents is 1. The molecular formula is C29H31N5O4S. The maximum Gasteiger partial charge on any atom is 0.293 e. The van der Waals surface area contributed by atoms with Crippen LogP contribution in [0, 0.1) is 10.1 Å². The van der Waals surface area contributed by atoms with Gasteiger partial charge in [-0.1, -0.05) is 39.0 Å². The molecule has 0 spiro atoms. The molecule has 0 unspecified atom stereocenters. The van der Waals surface area contributed by atoms with E-state index in [0.29, 0.717) is 22.6 Å². The van der Waals surface area contributed by atoms with Gasteiger partial charge in [0.05, 0.1) is 4.92 Å². The average molecular weight is 546 g/mol. The van der Waals surface area contributed by atoms with Crippen LogP contribution in [0.5, 0.6) is 0 Å². The molecule has 0 atom stereocenters. The Morgan fingerprint density at radius 2 is 1.49 bits per heavy atom. The lowest BCUT2D eigenvalue weighted by molar-refractivity contribution is -0.384. The summed E-state index contributed by atoms with van der Waals surface area (Å²) in [7, 11) is 0. The van der Waals surface area contributed by atoms with Gasteiger partial charge >= 0.3 is 0 Å². The van der Waals surface area contributed by atoms with Crippen LogP contribution in [-0.2, 0) is 5.41 Å². The van der Waals surface area contributed by atoms with Gasteiger partial charge in [-0.2, -0.15) is 0 Å². The van der Waals surface area contributed by atoms with Crippen molar-refractivity contribution < 1.29 is 14.5 Å². The molecule has 3 N–H and O–H groups in total. The van der Waals surface area contributed by atoms with E-state index >= 15 is 0 Å². The first-order valence-corrected chi connectivity index (χ1v) is 13.1. The molecule has 0 aliphatic carbocycles. The van der Waals surface area contributed by atoms with Crippen molar-refractivity contribution in [1.82, 2.24) is 5.32 Å². The molecule has 1 heterocycles. The van der Waals surface area contributed by atoms with Crippen LogP contribution < -0.4 is 20.9 Å². The predicted molar refractivity (Wildman–Crippen MR) is 158 cm³/mol. The van der Waals surface area contributed by atoms with Crippen LogP contribution in [0.25, 0.3) is 0 Å². The lowest BCUT2D eigenvalue weighted by atomic mass is 9.87. The molecule has 10 heteroatoms. The Labute approximate surface area is 232 Å². The number of carbonyl (C=O) groups is 2. The van der Waals surface area contributed by atoms with Crippen molar-refractivity contribution in [2.24, 2.45) is 0 Å². The van der Waals surface area contributed by atoms with E-state index in [2.05, 4.69) is 36.7 Å². The number of hydrogen-bond acceptors (Lipinski definition) is 6. The second kappa shape index (κ2) is 11.6. The van der Waals surface area contributed by atoms with Crippen LogP contribution in [0.2, 0.25) is 0 Å². The number of nitrogens with zero attached hydrogens (tertiary/aromatic N) is 2. The molecular weight excluding hydrogens is 514 g/mol. The number of rotatable bonds is 6. The zero-order valence-electron chi connectivity index (χ0n) is 22.1. The number of nitrogens with one attached hydrogen (secondary N) is 3. The van der Waals surface area contributed by atoms with Gasteiger partial charge in [-0.05, 0) is 78.5 Å². The van der Waals surface area contributed by atoms with Crippen molar-refractivity contribution in [3.63, 3.8) is 0 Å². The van der Waals surface area contributed by atoms with Crippen LogP contribution in [0.15, 0.2) is 66.7 Å². The van der Waals surface area contributed by atoms with E-state index in [9.17, 15) is 19.7 Å². The van der Waals surface area contributed by atoms with Crippen LogP contribution in [-0.4, -0.2) is 34.9 Å². The van der Waals surface area contributed by atoms with Crippen LogP contribution >= 0.6 is 12.2 Å². The van der Waals surface area contributed by atoms with Crippen molar-refractivity contribution in [1.29, 1.82) is 0 Å². The number of hydrogen-bond donors (Lipinski definition) is 3. The highest BCUT2D eigenvalue weighted by Gasteiger charge is 2.24. The highest BCUT2D eigenvalue weighted by atomic mass is 32.1. The van der Waals surface area contributed by atoms with E-state index in [4.69, 9.17) is 12.2 Å². The van der Waals surface area contributed by atoms with Gasteiger partial charge in [0.15, 0.2) is 5.11 Å². The number of thiocarbonyl (C=S) groups is 1. The fourth-order valence-corrected chi connectivity index (χ4v) is 4.58. The molecule has 39 heavy (non-hydrogen) atoms. The summed E-state index contributed by atoms with van der Waals surface area (Å²) in [5.74, 6) is -0.811. The Balaban J connectivity index is 1.38. The summed E-state index contributed by atoms with van der Waals surface area (Å²) < 4.78 is 0. The minimum Gasteiger partial charge on any atom is -0.366 e. The first-order valence-electron chi connectivity index (χ1n) is 12.7. The summed E-state index contributed by atoms with van der Waals surface area (Å²) >= 11 is 5.29. The monoisotopic (exact) mass is 545 g/mol. The fourth-order valence-electron chi connectivity index (χ4n) is 4.37. The summed E-state index contributed by atoms with van der Waals surface area (Å²) in [6, 6.07) is 18.8. The Hall–Kier alpha value is -4.31. The second-order valence-electron chi connectivity index (χ2n) is 10.4. The van der Waals surface area contributed by atoms with E-state index in [0.717, 1.165) is 31.5 Å². The normalized spacial score (nSPS) is 13.1. The predicted octanol–water partition coefficient (Wildman–Crippen LogP) is 5.87. The molecule has 1 aliphatic heterocycles. The topological polar surface area (TPSA) is 117 Å². The summed E-state index contributed by atoms with van der Waals surface area (Å²) in [4.78, 5) is 38.6. The van der Waals surface area contributed by atoms with Crippen molar-refractivity contribution >= 4 is 51.9 Å². The molecule has 3 aromatic rings. The molecule has 0 bridgehead atoms. The second-order valence-corrected chi connectivity index (χ2v) is 10.8. The molecule has 0 saturated carbocycles. The lowest BCUT2D eigenvalue weighted by Gasteiger charge is -2.19. The zero-order valence-corrected chi connectivity index (χ0v) is 22.9. The summed E-state index contributed by atoms with van der Waals surface area (Å²) in [6.45, 7) is 7.85. The number of benzene rings is 3. The maximum atomic E-state index is 12.8. The molecule has 3 aromatic carbocycles. The third kappa shape index (κ3) is 6.97. The van der Waals surface area contributed by atoms with Gasteiger partial charge in [-0.15, -0.1) is 0 Å². The van der Waals surface area contributed by atoms with Gasteiger partial charge in [0, 0.05) is 41.7 Å². The van der Waals surface area contributed by atoms with Crippen LogP contribution in [0.1, 0.15) is 59.9 Å². The minimum absolute atomic E-state index is 0.00534. The number of amides is 2.